The Balaban J connectivity index is 1.67. The highest BCUT2D eigenvalue weighted by Gasteiger charge is 2.43. The van der Waals surface area contributed by atoms with Gasteiger partial charge in [-0.1, -0.05) is 41.1 Å². The van der Waals surface area contributed by atoms with E-state index in [-0.39, 0.29) is 5.91 Å². The Labute approximate surface area is 147 Å². The topological polar surface area (TPSA) is 42.0 Å². The second kappa shape index (κ2) is 5.83. The highest BCUT2D eigenvalue weighted by atomic mass is 35.5. The first kappa shape index (κ1) is 15.5. The van der Waals surface area contributed by atoms with Gasteiger partial charge < -0.3 is 5.32 Å². The van der Waals surface area contributed by atoms with Crippen molar-refractivity contribution in [1.29, 1.82) is 0 Å². The van der Waals surface area contributed by atoms with E-state index in [1.54, 1.807) is 0 Å². The number of aryl methyl sites for hydroxylation is 1. The number of benzene rings is 2. The number of fused-ring (bicyclic) bond motifs is 1. The van der Waals surface area contributed by atoms with E-state index in [0.29, 0.717) is 16.6 Å². The summed E-state index contributed by atoms with van der Waals surface area (Å²) in [5.41, 5.74) is 3.91. The van der Waals surface area contributed by atoms with Gasteiger partial charge in [0.25, 0.3) is 0 Å². The van der Waals surface area contributed by atoms with Crippen molar-refractivity contribution in [1.82, 2.24) is 4.98 Å². The normalized spacial score (nSPS) is 19.5. The molecule has 6 heteroatoms. The molecule has 1 aliphatic carbocycles. The molecule has 0 aliphatic heterocycles. The molecule has 3 nitrogen and oxygen atoms in total. The summed E-state index contributed by atoms with van der Waals surface area (Å²) in [4.78, 5) is 16.2. The van der Waals surface area contributed by atoms with Crippen molar-refractivity contribution in [3.8, 4) is 11.1 Å². The molecule has 3 aromatic rings. The minimum absolute atomic E-state index is 0.288. The molecule has 0 unspecified atom stereocenters. The molecule has 0 radical (unpaired) electrons. The van der Waals surface area contributed by atoms with Crippen LogP contribution in [-0.4, -0.2) is 17.1 Å². The number of carbonyl (C=O) groups excluding carboxylic acids is 1. The lowest BCUT2D eigenvalue weighted by Crippen LogP contribution is -2.14. The Hall–Kier alpha value is -1.98. The van der Waals surface area contributed by atoms with Gasteiger partial charge in [-0.3, -0.25) is 4.79 Å². The number of rotatable bonds is 3. The van der Waals surface area contributed by atoms with Crippen LogP contribution >= 0.6 is 22.9 Å². The maximum atomic E-state index is 13.0. The summed E-state index contributed by atoms with van der Waals surface area (Å²) in [5, 5.41) is 3.91. The molecule has 1 heterocycles. The van der Waals surface area contributed by atoms with Crippen LogP contribution in [0.2, 0.25) is 5.02 Å². The Bertz CT molecular complexity index is 935. The fraction of sp³-hybridized carbons (Fsp3) is 0.222. The molecule has 0 saturated heterocycles. The van der Waals surface area contributed by atoms with Crippen molar-refractivity contribution in [3.05, 3.63) is 47.0 Å². The molecule has 122 valence electrons. The third-order valence-electron chi connectivity index (χ3n) is 4.18. The fourth-order valence-electron chi connectivity index (χ4n) is 2.76. The number of hydrogen-bond donors (Lipinski definition) is 1. The van der Waals surface area contributed by atoms with Crippen molar-refractivity contribution in [3.63, 3.8) is 0 Å². The average Bonchev–Trinajstić information content (AvgIpc) is 3.13. The summed E-state index contributed by atoms with van der Waals surface area (Å²) in [7, 11) is 0. The van der Waals surface area contributed by atoms with E-state index in [1.165, 1.54) is 11.3 Å². The maximum absolute atomic E-state index is 13.0. The number of hydrogen-bond acceptors (Lipinski definition) is 3. The lowest BCUT2D eigenvalue weighted by atomic mass is 10.0. The molecular formula is C18H14ClFN2OS. The Morgan fingerprint density at radius 3 is 2.88 bits per heavy atom. The Kier molecular flexibility index (Phi) is 3.77. The van der Waals surface area contributed by atoms with Crippen LogP contribution < -0.4 is 5.32 Å². The third-order valence-corrected chi connectivity index (χ3v) is 5.43. The monoisotopic (exact) mass is 360 g/mol. The lowest BCUT2D eigenvalue weighted by molar-refractivity contribution is -0.117. The maximum Gasteiger partial charge on any atom is 0.232 e. The second-order valence-electron chi connectivity index (χ2n) is 5.98. The molecule has 4 rings (SSSR count). The van der Waals surface area contributed by atoms with Crippen molar-refractivity contribution < 1.29 is 9.18 Å². The fourth-order valence-corrected chi connectivity index (χ4v) is 4.00. The van der Waals surface area contributed by atoms with Gasteiger partial charge >= 0.3 is 0 Å². The van der Waals surface area contributed by atoms with Crippen LogP contribution in [0.5, 0.6) is 0 Å². The highest BCUT2D eigenvalue weighted by Crippen LogP contribution is 2.37. The Morgan fingerprint density at radius 2 is 2.17 bits per heavy atom. The van der Waals surface area contributed by atoms with Crippen LogP contribution in [-0.2, 0) is 4.79 Å². The number of amides is 1. The van der Waals surface area contributed by atoms with Crippen LogP contribution in [0.3, 0.4) is 0 Å². The molecule has 24 heavy (non-hydrogen) atoms. The smallest absolute Gasteiger partial charge is 0.232 e. The lowest BCUT2D eigenvalue weighted by Gasteiger charge is -2.08. The SMILES string of the molecule is Cc1cccc(Cl)c1-c1ccc2nc(NC(=O)[C@@H]3C[C@@H]3F)sc2c1. The second-order valence-corrected chi connectivity index (χ2v) is 7.42. The van der Waals surface area contributed by atoms with Crippen molar-refractivity contribution >= 4 is 44.2 Å². The van der Waals surface area contributed by atoms with Crippen LogP contribution in [0, 0.1) is 12.8 Å². The minimum atomic E-state index is -1.01. The largest absolute Gasteiger partial charge is 0.302 e. The van der Waals surface area contributed by atoms with E-state index in [2.05, 4.69) is 10.3 Å². The van der Waals surface area contributed by atoms with Gasteiger partial charge in [-0.25, -0.2) is 9.37 Å². The van der Waals surface area contributed by atoms with Crippen molar-refractivity contribution in [2.45, 2.75) is 19.5 Å². The van der Waals surface area contributed by atoms with Gasteiger partial charge in [0.2, 0.25) is 5.91 Å². The molecule has 0 bridgehead atoms. The van der Waals surface area contributed by atoms with E-state index in [1.807, 2.05) is 43.3 Å². The number of carbonyl (C=O) groups is 1. The summed E-state index contributed by atoms with van der Waals surface area (Å²) in [6, 6.07) is 11.7. The molecule has 2 atom stereocenters. The zero-order valence-corrected chi connectivity index (χ0v) is 14.4. The van der Waals surface area contributed by atoms with Gasteiger partial charge in [0.1, 0.15) is 6.17 Å². The summed E-state index contributed by atoms with van der Waals surface area (Å²) in [5.74, 6) is -0.804. The zero-order valence-electron chi connectivity index (χ0n) is 12.8. The van der Waals surface area contributed by atoms with Gasteiger partial charge in [0, 0.05) is 10.6 Å². The van der Waals surface area contributed by atoms with Gasteiger partial charge in [0.05, 0.1) is 16.1 Å². The van der Waals surface area contributed by atoms with E-state index >= 15 is 0 Å². The van der Waals surface area contributed by atoms with Crippen molar-refractivity contribution in [2.75, 3.05) is 5.32 Å². The number of anilines is 1. The number of aromatic nitrogens is 1. The van der Waals surface area contributed by atoms with E-state index in [9.17, 15) is 9.18 Å². The average molecular weight is 361 g/mol. The number of nitrogens with one attached hydrogen (secondary N) is 1. The van der Waals surface area contributed by atoms with Gasteiger partial charge in [-0.15, -0.1) is 0 Å². The number of halogens is 2. The first-order valence-corrected chi connectivity index (χ1v) is 8.83. The molecule has 1 saturated carbocycles. The minimum Gasteiger partial charge on any atom is -0.302 e. The predicted molar refractivity (Wildman–Crippen MR) is 96.4 cm³/mol. The number of alkyl halides is 1. The summed E-state index contributed by atoms with van der Waals surface area (Å²) in [6.07, 6.45) is -0.693. The molecule has 1 fully saturated rings. The van der Waals surface area contributed by atoms with E-state index in [0.717, 1.165) is 26.9 Å². The molecule has 1 aromatic heterocycles. The Morgan fingerprint density at radius 1 is 1.38 bits per heavy atom. The van der Waals surface area contributed by atoms with Gasteiger partial charge in [-0.05, 0) is 42.7 Å². The molecule has 2 aromatic carbocycles. The molecule has 0 spiro atoms. The third kappa shape index (κ3) is 2.78. The number of thiazole rings is 1. The van der Waals surface area contributed by atoms with Crippen LogP contribution in [0.4, 0.5) is 9.52 Å². The zero-order chi connectivity index (χ0) is 16.8. The molecule has 1 N–H and O–H groups in total. The molecular weight excluding hydrogens is 347 g/mol. The summed E-state index contributed by atoms with van der Waals surface area (Å²) in [6.45, 7) is 2.02. The first-order valence-electron chi connectivity index (χ1n) is 7.64. The standard InChI is InChI=1S/C18H14ClFN2OS/c1-9-3-2-4-12(19)16(9)10-5-6-14-15(7-10)24-18(21-14)22-17(23)11-8-13(11)20/h2-7,11,13H,8H2,1H3,(H,21,22,23)/t11-,13+/m1/s1. The van der Waals surface area contributed by atoms with E-state index in [4.69, 9.17) is 11.6 Å². The van der Waals surface area contributed by atoms with E-state index < -0.39 is 12.1 Å². The summed E-state index contributed by atoms with van der Waals surface area (Å²) < 4.78 is 13.9. The van der Waals surface area contributed by atoms with Gasteiger partial charge in [0.15, 0.2) is 5.13 Å². The molecule has 1 aliphatic rings. The van der Waals surface area contributed by atoms with Crippen LogP contribution in [0.25, 0.3) is 21.3 Å². The van der Waals surface area contributed by atoms with Crippen LogP contribution in [0.1, 0.15) is 12.0 Å². The number of nitrogens with zero attached hydrogens (tertiary/aromatic N) is 1. The first-order chi connectivity index (χ1) is 11.5. The quantitative estimate of drug-likeness (QED) is 0.695. The van der Waals surface area contributed by atoms with Gasteiger partial charge in [-0.2, -0.15) is 0 Å². The summed E-state index contributed by atoms with van der Waals surface area (Å²) >= 11 is 7.72. The predicted octanol–water partition coefficient (Wildman–Crippen LogP) is 5.22. The van der Waals surface area contributed by atoms with Crippen molar-refractivity contribution in [2.24, 2.45) is 5.92 Å². The highest BCUT2D eigenvalue weighted by molar-refractivity contribution is 7.22. The van der Waals surface area contributed by atoms with Crippen LogP contribution in [0.15, 0.2) is 36.4 Å². The molecule has 1 amide bonds.